The van der Waals surface area contributed by atoms with Crippen molar-refractivity contribution in [1.29, 1.82) is 0 Å². The van der Waals surface area contributed by atoms with Gasteiger partial charge in [-0.05, 0) is 93.1 Å². The first-order chi connectivity index (χ1) is 37.6. The molecule has 0 radical (unpaired) electrons. The molecule has 1 aromatic carbocycles. The number of carboxylic acid groups (broad SMARTS) is 1. The summed E-state index contributed by atoms with van der Waals surface area (Å²) in [7, 11) is 8.43. The number of amides is 8. The third-order valence-corrected chi connectivity index (χ3v) is 15.0. The highest BCUT2D eigenvalue weighted by atomic mass is 16.5. The Morgan fingerprint density at radius 2 is 1.50 bits per heavy atom. The number of benzene rings is 1. The lowest BCUT2D eigenvalue weighted by Crippen LogP contribution is -2.59. The number of urea groups is 1. The van der Waals surface area contributed by atoms with Gasteiger partial charge in [-0.25, -0.2) is 4.79 Å². The maximum Gasteiger partial charge on any atom is 0.312 e. The second kappa shape index (κ2) is 34.9. The summed E-state index contributed by atoms with van der Waals surface area (Å²) < 4.78 is 12.1. The summed E-state index contributed by atoms with van der Waals surface area (Å²) in [5, 5.41) is 41.3. The van der Waals surface area contributed by atoms with Crippen molar-refractivity contribution in [2.24, 2.45) is 40.4 Å². The van der Waals surface area contributed by atoms with Gasteiger partial charge in [0.1, 0.15) is 24.4 Å². The molecule has 0 bridgehead atoms. The van der Waals surface area contributed by atoms with Crippen molar-refractivity contribution in [3.63, 3.8) is 0 Å². The minimum atomic E-state index is -1.20. The third kappa shape index (κ3) is 22.1. The first-order valence-corrected chi connectivity index (χ1v) is 27.9. The number of aliphatic carboxylic acids is 1. The van der Waals surface area contributed by atoms with Crippen LogP contribution in [-0.2, 0) is 49.5 Å². The largest absolute Gasteiger partial charge is 0.481 e. The molecule has 80 heavy (non-hydrogen) atoms. The highest BCUT2D eigenvalue weighted by molar-refractivity contribution is 5.98. The number of primary amides is 1. The fourth-order valence-electron chi connectivity index (χ4n) is 10.5. The fraction of sp³-hybridized carbons (Fsp3) is 0.745. The zero-order valence-corrected chi connectivity index (χ0v) is 49.7. The molecule has 1 aliphatic rings. The Hall–Kier alpha value is -6.11. The lowest BCUT2D eigenvalue weighted by atomic mass is 9.89. The Bertz CT molecular complexity index is 2200. The van der Waals surface area contributed by atoms with Gasteiger partial charge in [-0.1, -0.05) is 86.0 Å². The van der Waals surface area contributed by atoms with Crippen LogP contribution in [-0.4, -0.2) is 188 Å². The van der Waals surface area contributed by atoms with Crippen molar-refractivity contribution in [2.45, 2.75) is 181 Å². The Labute approximate surface area is 472 Å². The van der Waals surface area contributed by atoms with Crippen LogP contribution in [0.2, 0.25) is 0 Å². The summed E-state index contributed by atoms with van der Waals surface area (Å²) in [5.74, 6) is -5.10. The maximum absolute atomic E-state index is 14.5. The van der Waals surface area contributed by atoms with Gasteiger partial charge in [0, 0.05) is 69.9 Å². The number of nitrogens with zero attached hydrogens (tertiary/aromatic N) is 6. The number of nitrogens with two attached hydrogens (primary N) is 1. The third-order valence-electron chi connectivity index (χ3n) is 15.0. The van der Waals surface area contributed by atoms with Gasteiger partial charge in [0.15, 0.2) is 0 Å². The van der Waals surface area contributed by atoms with Gasteiger partial charge in [0.2, 0.25) is 35.4 Å². The predicted octanol–water partition coefficient (Wildman–Crippen LogP) is 3.34. The normalized spacial score (nSPS) is 17.6. The van der Waals surface area contributed by atoms with Crippen molar-refractivity contribution in [3.8, 4) is 0 Å². The van der Waals surface area contributed by atoms with Crippen molar-refractivity contribution < 1.29 is 58.0 Å². The Morgan fingerprint density at radius 1 is 0.863 bits per heavy atom. The monoisotopic (exact) mass is 1130 g/mol. The van der Waals surface area contributed by atoms with Crippen molar-refractivity contribution in [3.05, 3.63) is 40.3 Å². The zero-order valence-electron chi connectivity index (χ0n) is 49.7. The van der Waals surface area contributed by atoms with Crippen LogP contribution in [0.15, 0.2) is 29.4 Å². The number of rotatable bonds is 36. The number of hydrogen-bond donors (Lipinski definition) is 9. The molecule has 1 aliphatic heterocycles. The lowest BCUT2D eigenvalue weighted by Gasteiger charge is -2.41. The van der Waals surface area contributed by atoms with Gasteiger partial charge in [-0.15, -0.1) is 0 Å². The van der Waals surface area contributed by atoms with Gasteiger partial charge in [0.25, 0.3) is 0 Å². The van der Waals surface area contributed by atoms with E-state index in [-0.39, 0.29) is 80.7 Å². The van der Waals surface area contributed by atoms with E-state index in [2.05, 4.69) is 41.9 Å². The number of aliphatic hydroxyl groups is 1. The number of carboxylic acids is 1. The Kier molecular flexibility index (Phi) is 30.5. The number of carbonyl (C=O) groups excluding carboxylic acids is 7. The van der Waals surface area contributed by atoms with Crippen LogP contribution in [0.3, 0.4) is 0 Å². The van der Waals surface area contributed by atoms with E-state index in [4.69, 9.17) is 20.3 Å². The molecule has 1 aromatic rings. The van der Waals surface area contributed by atoms with Gasteiger partial charge in [-0.2, -0.15) is 0 Å². The van der Waals surface area contributed by atoms with E-state index < -0.39 is 109 Å². The average Bonchev–Trinajstić information content (AvgIpc) is 3.88. The topological polar surface area (TPSA) is 352 Å². The highest BCUT2D eigenvalue weighted by Gasteiger charge is 2.43. The van der Waals surface area contributed by atoms with E-state index in [0.717, 1.165) is 5.56 Å². The number of carbonyl (C=O) groups is 8. The summed E-state index contributed by atoms with van der Waals surface area (Å²) in [5.41, 5.74) is 15.6. The SMILES string of the molecule is CC[C@H](C)C([C@@H](CC(=O)N1CCC[C@H]1[C@H](OC)[C@@H](C)C(O)N[C@H](CN=[N+]=[N-])Cc1ccc(NC(=O)[C@H](CCCNC(N)=O)NC(=O)[C@@H](NC(=O)CCC(=O)O)C(C)C)cc1)OC)N(C)C(=O)[C@@H](NC(=O)[C@H](C(C)C)N(C)C)C(C)C. The molecule has 12 atom stereocenters. The van der Waals surface area contributed by atoms with Crippen LogP contribution in [0.25, 0.3) is 10.4 Å². The molecule has 8 amide bonds. The van der Waals surface area contributed by atoms with E-state index in [9.17, 15) is 49.0 Å². The second-order valence-electron chi connectivity index (χ2n) is 22.3. The molecule has 0 aliphatic carbocycles. The molecule has 1 fully saturated rings. The number of nitrogens with one attached hydrogen (secondary N) is 6. The molecule has 2 rings (SSSR count). The molecule has 2 unspecified atom stereocenters. The number of ether oxygens (including phenoxy) is 2. The van der Waals surface area contributed by atoms with Crippen LogP contribution in [0.4, 0.5) is 10.5 Å². The lowest BCUT2D eigenvalue weighted by molar-refractivity contribution is -0.147. The van der Waals surface area contributed by atoms with Crippen molar-refractivity contribution in [2.75, 3.05) is 60.3 Å². The van der Waals surface area contributed by atoms with E-state index in [1.807, 2.05) is 67.5 Å². The number of anilines is 1. The van der Waals surface area contributed by atoms with Crippen LogP contribution >= 0.6 is 0 Å². The molecule has 10 N–H and O–H groups in total. The van der Waals surface area contributed by atoms with E-state index in [1.54, 1.807) is 55.0 Å². The highest BCUT2D eigenvalue weighted by Crippen LogP contribution is 2.31. The number of methoxy groups -OCH3 is 2. The summed E-state index contributed by atoms with van der Waals surface area (Å²) in [6.07, 6.45) is -0.760. The standard InChI is InChI=1S/C55H95N13O12/c1-15-34(8)48(67(12)54(77)46(32(4)5)64-53(76)47(33(6)7)66(10)11)41(79-13)29-43(70)68-27-17-19-40(68)49(80-14)35(9)50(73)61-38(30-59-65-57)28-36-20-22-37(23-21-36)60-51(74)39(18-16-26-58-55(56)78)62-52(75)45(31(2)3)63-42(69)24-25-44(71)72/h20-23,31-35,38-41,45-50,61,73H,15-19,24-30H2,1-14H3,(H,60,74)(H,62,75)(H,63,69)(H,64,76)(H,71,72)(H3,56,58,78)/t34-,35+,38-,39-,40-,41+,45-,46-,47-,48?,49+,50?/m0/s1. The Balaban J connectivity index is 2.27. The van der Waals surface area contributed by atoms with E-state index in [1.165, 1.54) is 14.2 Å². The van der Waals surface area contributed by atoms with Gasteiger partial charge in [0.05, 0.1) is 43.2 Å². The quantitative estimate of drug-likeness (QED) is 0.0153. The molecule has 1 heterocycles. The van der Waals surface area contributed by atoms with Crippen LogP contribution < -0.4 is 37.6 Å². The van der Waals surface area contributed by atoms with Crippen molar-refractivity contribution in [1.82, 2.24) is 41.3 Å². The molecule has 25 heteroatoms. The molecule has 1 saturated heterocycles. The minimum Gasteiger partial charge on any atom is -0.481 e. The molecular weight excluding hydrogens is 1030 g/mol. The number of likely N-dealkylation sites (N-methyl/N-ethyl adjacent to an activating group) is 2. The second-order valence-corrected chi connectivity index (χ2v) is 22.3. The number of azide groups is 1. The van der Waals surface area contributed by atoms with Gasteiger partial charge < -0.3 is 61.8 Å². The number of aliphatic hydroxyl groups excluding tert-OH is 1. The average molecular weight is 1130 g/mol. The first kappa shape index (κ1) is 70.0. The molecule has 25 nitrogen and oxygen atoms in total. The van der Waals surface area contributed by atoms with Gasteiger partial charge >= 0.3 is 12.0 Å². The fourth-order valence-corrected chi connectivity index (χ4v) is 10.5. The summed E-state index contributed by atoms with van der Waals surface area (Å²) in [4.78, 5) is 113. The minimum absolute atomic E-state index is 0.00172. The van der Waals surface area contributed by atoms with Crippen LogP contribution in [0.5, 0.6) is 0 Å². The first-order valence-electron chi connectivity index (χ1n) is 27.9. The smallest absolute Gasteiger partial charge is 0.312 e. The van der Waals surface area contributed by atoms with Crippen LogP contribution in [0.1, 0.15) is 119 Å². The predicted molar refractivity (Wildman–Crippen MR) is 303 cm³/mol. The van der Waals surface area contributed by atoms with E-state index >= 15 is 0 Å². The summed E-state index contributed by atoms with van der Waals surface area (Å²) in [6, 6.07) is 1.02. The summed E-state index contributed by atoms with van der Waals surface area (Å²) in [6.45, 7) is 17.4. The molecule has 452 valence electrons. The molecule has 0 saturated carbocycles. The van der Waals surface area contributed by atoms with E-state index in [0.29, 0.717) is 31.5 Å². The molecule has 0 spiro atoms. The number of hydrogen-bond acceptors (Lipinski definition) is 14. The summed E-state index contributed by atoms with van der Waals surface area (Å²) >= 11 is 0. The van der Waals surface area contributed by atoms with Crippen LogP contribution in [0, 0.1) is 29.6 Å². The maximum atomic E-state index is 14.5. The zero-order chi connectivity index (χ0) is 60.6. The molecular formula is C55H95N13O12. The Morgan fingerprint density at radius 3 is 2.02 bits per heavy atom. The van der Waals surface area contributed by atoms with Gasteiger partial charge in [-0.3, -0.25) is 43.8 Å². The van der Waals surface area contributed by atoms with Crippen molar-refractivity contribution >= 4 is 53.1 Å². The molecule has 0 aromatic heterocycles. The number of likely N-dealkylation sites (tertiary alicyclic amines) is 1.